The van der Waals surface area contributed by atoms with Gasteiger partial charge in [0.1, 0.15) is 0 Å². The second kappa shape index (κ2) is 3.48. The van der Waals surface area contributed by atoms with Crippen molar-refractivity contribution in [3.63, 3.8) is 0 Å². The number of rotatable bonds is 0. The van der Waals surface area contributed by atoms with Crippen LogP contribution in [0.2, 0.25) is 0 Å². The van der Waals surface area contributed by atoms with E-state index in [1.54, 1.807) is 0 Å². The van der Waals surface area contributed by atoms with Gasteiger partial charge in [0.2, 0.25) is 0 Å². The Bertz CT molecular complexity index is 673. The fourth-order valence-corrected chi connectivity index (χ4v) is 9.05. The van der Waals surface area contributed by atoms with Crippen molar-refractivity contribution in [2.75, 3.05) is 0 Å². The average Bonchev–Trinajstić information content (AvgIpc) is 2.60. The molecule has 0 radical (unpaired) electrons. The normalized spacial score (nSPS) is 67.6. The molecule has 6 bridgehead atoms. The van der Waals surface area contributed by atoms with E-state index in [0.717, 1.165) is 37.7 Å². The highest BCUT2D eigenvalue weighted by Crippen LogP contribution is 2.83. The number of aliphatic imine (C=N–C) groups is 1. The predicted molar refractivity (Wildman–Crippen MR) is 88.1 cm³/mol. The lowest BCUT2D eigenvalue weighted by Crippen LogP contribution is -2.73. The van der Waals surface area contributed by atoms with Gasteiger partial charge in [0.15, 0.2) is 0 Å². The predicted octanol–water partition coefficient (Wildman–Crippen LogP) is 2.71. The van der Waals surface area contributed by atoms with Crippen molar-refractivity contribution in [3.05, 3.63) is 12.2 Å². The highest BCUT2D eigenvalue weighted by Gasteiger charge is 2.86. The Labute approximate surface area is 137 Å². The molecule has 7 rings (SSSR count). The topological polar surface area (TPSA) is 52.8 Å². The van der Waals surface area contributed by atoms with Gasteiger partial charge in [-0.1, -0.05) is 19.9 Å². The number of nitrogens with zero attached hydrogens (tertiary/aromatic N) is 1. The zero-order valence-electron chi connectivity index (χ0n) is 14.0. The molecule has 6 fully saturated rings. The molecule has 1 aliphatic heterocycles. The Balaban J connectivity index is 1.68. The van der Waals surface area contributed by atoms with Crippen LogP contribution in [0.25, 0.3) is 0 Å². The van der Waals surface area contributed by atoms with Gasteiger partial charge in [-0.25, -0.2) is 0 Å². The summed E-state index contributed by atoms with van der Waals surface area (Å²) in [4.78, 5) is 5.11. The van der Waals surface area contributed by atoms with Gasteiger partial charge >= 0.3 is 0 Å². The summed E-state index contributed by atoms with van der Waals surface area (Å²) < 4.78 is 0. The van der Waals surface area contributed by atoms with Gasteiger partial charge in [0.25, 0.3) is 0 Å². The SMILES string of the molecule is C=C1[C@@H]2C[C@@H]3[C@H]4N=C[C@]5(C)CCC[C@@]46[C@H]5CCC3([C@@H]1O)[C@@]6(O)C2. The van der Waals surface area contributed by atoms with Crippen molar-refractivity contribution in [3.8, 4) is 0 Å². The summed E-state index contributed by atoms with van der Waals surface area (Å²) in [5.74, 6) is 1.20. The molecule has 2 N–H and O–H groups in total. The van der Waals surface area contributed by atoms with Crippen molar-refractivity contribution in [1.82, 2.24) is 0 Å². The maximum absolute atomic E-state index is 12.2. The first-order valence-electron chi connectivity index (χ1n) is 9.54. The summed E-state index contributed by atoms with van der Waals surface area (Å²) in [5, 5.41) is 23.4. The van der Waals surface area contributed by atoms with Crippen molar-refractivity contribution in [2.45, 2.75) is 69.6 Å². The summed E-state index contributed by atoms with van der Waals surface area (Å²) >= 11 is 0. The zero-order chi connectivity index (χ0) is 15.8. The lowest BCUT2D eigenvalue weighted by atomic mass is 9.38. The molecule has 1 unspecified atom stereocenters. The molecular weight excluding hydrogens is 286 g/mol. The van der Waals surface area contributed by atoms with Gasteiger partial charge in [0.05, 0.1) is 17.7 Å². The number of aliphatic hydroxyl groups excluding tert-OH is 1. The first-order valence-corrected chi connectivity index (χ1v) is 9.54. The van der Waals surface area contributed by atoms with Crippen LogP contribution in [0.1, 0.15) is 51.9 Å². The lowest BCUT2D eigenvalue weighted by molar-refractivity contribution is -0.272. The van der Waals surface area contributed by atoms with Crippen molar-refractivity contribution >= 4 is 6.21 Å². The summed E-state index contributed by atoms with van der Waals surface area (Å²) in [6, 6.07) is 0.237. The molecule has 1 heterocycles. The summed E-state index contributed by atoms with van der Waals surface area (Å²) in [6.07, 6.45) is 9.28. The minimum absolute atomic E-state index is 0.0753. The van der Waals surface area contributed by atoms with Gasteiger partial charge in [0, 0.05) is 22.5 Å². The quantitative estimate of drug-likeness (QED) is 0.676. The molecule has 3 heteroatoms. The van der Waals surface area contributed by atoms with Crippen LogP contribution in [0.15, 0.2) is 17.1 Å². The van der Waals surface area contributed by atoms with E-state index >= 15 is 0 Å². The lowest BCUT2D eigenvalue weighted by Gasteiger charge is -2.69. The van der Waals surface area contributed by atoms with Crippen molar-refractivity contribution in [2.24, 2.45) is 39.0 Å². The van der Waals surface area contributed by atoms with Gasteiger partial charge in [-0.05, 0) is 61.9 Å². The van der Waals surface area contributed by atoms with Gasteiger partial charge in [-0.3, -0.25) is 4.99 Å². The molecule has 9 atom stereocenters. The van der Waals surface area contributed by atoms with Crippen molar-refractivity contribution < 1.29 is 10.2 Å². The highest BCUT2D eigenvalue weighted by molar-refractivity contribution is 5.69. The summed E-state index contributed by atoms with van der Waals surface area (Å²) in [7, 11) is 0. The molecule has 7 aliphatic rings. The number of aliphatic hydroxyl groups is 2. The minimum atomic E-state index is -0.721. The van der Waals surface area contributed by atoms with Crippen LogP contribution in [0.3, 0.4) is 0 Å². The molecule has 0 aromatic heterocycles. The molecule has 3 nitrogen and oxygen atoms in total. The van der Waals surface area contributed by atoms with E-state index in [0.29, 0.717) is 17.8 Å². The van der Waals surface area contributed by atoms with E-state index in [2.05, 4.69) is 19.7 Å². The van der Waals surface area contributed by atoms with E-state index in [1.807, 2.05) is 0 Å². The Morgan fingerprint density at radius 1 is 1.26 bits per heavy atom. The maximum Gasteiger partial charge on any atom is 0.0837 e. The smallest absolute Gasteiger partial charge is 0.0837 e. The fourth-order valence-electron chi connectivity index (χ4n) is 9.05. The van der Waals surface area contributed by atoms with Crippen LogP contribution in [-0.2, 0) is 0 Å². The van der Waals surface area contributed by atoms with E-state index in [1.165, 1.54) is 12.8 Å². The van der Waals surface area contributed by atoms with Gasteiger partial charge in [-0.15, -0.1) is 0 Å². The second-order valence-electron chi connectivity index (χ2n) is 9.84. The molecule has 0 aromatic rings. The zero-order valence-corrected chi connectivity index (χ0v) is 14.0. The third kappa shape index (κ3) is 1.02. The number of hydrogen-bond acceptors (Lipinski definition) is 3. The van der Waals surface area contributed by atoms with Gasteiger partial charge in [-0.2, -0.15) is 0 Å². The molecule has 6 aliphatic carbocycles. The molecule has 0 amide bonds. The molecular formula is C20H27NO2. The Hall–Kier alpha value is -0.670. The molecule has 124 valence electrons. The number of hydrogen-bond donors (Lipinski definition) is 2. The molecule has 23 heavy (non-hydrogen) atoms. The fraction of sp³-hybridized carbons (Fsp3) is 0.850. The van der Waals surface area contributed by atoms with Crippen LogP contribution in [0.4, 0.5) is 0 Å². The largest absolute Gasteiger partial charge is 0.388 e. The number of fused-ring (bicyclic) bond motifs is 1. The Kier molecular flexibility index (Phi) is 2.06. The van der Waals surface area contributed by atoms with Crippen LogP contribution in [0, 0.1) is 34.0 Å². The van der Waals surface area contributed by atoms with E-state index < -0.39 is 11.7 Å². The van der Waals surface area contributed by atoms with Crippen LogP contribution < -0.4 is 0 Å². The standard InChI is InChI=1S/C20H27NO2/c1-11-12-8-13-15-19-6-3-5-17(2,10-21-15)14(19)4-7-18(13,16(11)22)20(19,23)9-12/h10,12-16,22-23H,1,3-9H2,2H3/t12-,13-,14+,15-,16-,17+,18?,19-,20+/m1/s1. The molecule has 0 aromatic carbocycles. The van der Waals surface area contributed by atoms with Crippen LogP contribution in [0.5, 0.6) is 0 Å². The highest BCUT2D eigenvalue weighted by atomic mass is 16.3. The second-order valence-corrected chi connectivity index (χ2v) is 9.84. The maximum atomic E-state index is 12.2. The van der Waals surface area contributed by atoms with E-state index in [9.17, 15) is 10.2 Å². The Morgan fingerprint density at radius 2 is 2.09 bits per heavy atom. The van der Waals surface area contributed by atoms with Crippen LogP contribution in [-0.4, -0.2) is 34.2 Å². The monoisotopic (exact) mass is 313 g/mol. The van der Waals surface area contributed by atoms with Crippen LogP contribution >= 0.6 is 0 Å². The third-order valence-electron chi connectivity index (χ3n) is 9.65. The van der Waals surface area contributed by atoms with E-state index in [4.69, 9.17) is 4.99 Å². The minimum Gasteiger partial charge on any atom is -0.388 e. The average molecular weight is 313 g/mol. The Morgan fingerprint density at radius 3 is 2.91 bits per heavy atom. The van der Waals surface area contributed by atoms with Crippen molar-refractivity contribution in [1.29, 1.82) is 0 Å². The first-order chi connectivity index (χ1) is 10.9. The molecule has 0 saturated heterocycles. The summed E-state index contributed by atoms with van der Waals surface area (Å²) in [5.41, 5.74) is 0.00184. The summed E-state index contributed by atoms with van der Waals surface area (Å²) in [6.45, 7) is 6.60. The first kappa shape index (κ1) is 13.6. The third-order valence-corrected chi connectivity index (χ3v) is 9.65. The van der Waals surface area contributed by atoms with Gasteiger partial charge < -0.3 is 10.2 Å². The molecule has 6 saturated carbocycles. The van der Waals surface area contributed by atoms with E-state index in [-0.39, 0.29) is 22.3 Å². The molecule has 2 spiro atoms.